The highest BCUT2D eigenvalue weighted by Gasteiger charge is 2.19. The minimum atomic E-state index is -0.746. The molecule has 3 rings (SSSR count). The highest BCUT2D eigenvalue weighted by atomic mass is 35.5. The minimum absolute atomic E-state index is 0.170. The van der Waals surface area contributed by atoms with Crippen LogP contribution >= 0.6 is 11.6 Å². The molecule has 3 aromatic rings. The molecule has 32 heavy (non-hydrogen) atoms. The van der Waals surface area contributed by atoms with Crippen LogP contribution in [-0.2, 0) is 0 Å². The second kappa shape index (κ2) is 10.6. The molecule has 166 valence electrons. The van der Waals surface area contributed by atoms with E-state index in [0.29, 0.717) is 36.0 Å². The number of hydrogen-bond donors (Lipinski definition) is 2. The normalized spacial score (nSPS) is 10.4. The van der Waals surface area contributed by atoms with Crippen LogP contribution in [0.15, 0.2) is 60.7 Å². The Bertz CT molecular complexity index is 1120. The number of carbonyl (C=O) groups excluding carboxylic acids is 2. The van der Waals surface area contributed by atoms with Crippen molar-refractivity contribution in [2.45, 2.75) is 13.8 Å². The summed E-state index contributed by atoms with van der Waals surface area (Å²) in [6, 6.07) is 15.6. The standard InChI is InChI=1S/C24H22ClFN2O4/c1-3-31-21-14-20(28-24(30)17-11-10-16(25)12-18(17)26)22(32-4-2)13-19(21)27-23(29)15-8-6-5-7-9-15/h5-14H,3-4H2,1-2H3,(H,27,29)(H,28,30). The summed E-state index contributed by atoms with van der Waals surface area (Å²) in [7, 11) is 0. The van der Waals surface area contributed by atoms with Crippen LogP contribution in [0, 0.1) is 5.82 Å². The van der Waals surface area contributed by atoms with Crippen molar-refractivity contribution in [2.75, 3.05) is 23.8 Å². The van der Waals surface area contributed by atoms with Gasteiger partial charge in [0.2, 0.25) is 0 Å². The van der Waals surface area contributed by atoms with Crippen molar-refractivity contribution >= 4 is 34.8 Å². The molecule has 0 bridgehead atoms. The van der Waals surface area contributed by atoms with Crippen molar-refractivity contribution < 1.29 is 23.5 Å². The number of ether oxygens (including phenoxy) is 2. The maximum absolute atomic E-state index is 14.2. The summed E-state index contributed by atoms with van der Waals surface area (Å²) in [5, 5.41) is 5.64. The third kappa shape index (κ3) is 5.56. The lowest BCUT2D eigenvalue weighted by molar-refractivity contribution is 0.101. The number of hydrogen-bond acceptors (Lipinski definition) is 4. The highest BCUT2D eigenvalue weighted by Crippen LogP contribution is 2.37. The van der Waals surface area contributed by atoms with Gasteiger partial charge in [-0.15, -0.1) is 0 Å². The molecule has 2 amide bonds. The van der Waals surface area contributed by atoms with Crippen molar-refractivity contribution in [3.63, 3.8) is 0 Å². The molecule has 3 aromatic carbocycles. The number of benzene rings is 3. The van der Waals surface area contributed by atoms with E-state index in [-0.39, 0.29) is 22.2 Å². The lowest BCUT2D eigenvalue weighted by atomic mass is 10.1. The molecule has 0 saturated heterocycles. The molecular weight excluding hydrogens is 435 g/mol. The molecule has 0 aliphatic heterocycles. The van der Waals surface area contributed by atoms with Crippen molar-refractivity contribution in [3.05, 3.63) is 82.6 Å². The summed E-state index contributed by atoms with van der Waals surface area (Å²) < 4.78 is 25.5. The summed E-state index contributed by atoms with van der Waals surface area (Å²) in [4.78, 5) is 25.3. The van der Waals surface area contributed by atoms with Gasteiger partial charge in [0.05, 0.1) is 30.2 Å². The Morgan fingerprint density at radius 2 is 1.41 bits per heavy atom. The SMILES string of the molecule is CCOc1cc(NC(=O)c2ccc(Cl)cc2F)c(OCC)cc1NC(=O)c1ccccc1. The summed E-state index contributed by atoms with van der Waals surface area (Å²) in [5.41, 5.74) is 0.951. The molecule has 0 spiro atoms. The van der Waals surface area contributed by atoms with Crippen LogP contribution in [0.3, 0.4) is 0 Å². The van der Waals surface area contributed by atoms with Crippen molar-refractivity contribution in [2.24, 2.45) is 0 Å². The van der Waals surface area contributed by atoms with Crippen LogP contribution < -0.4 is 20.1 Å². The maximum Gasteiger partial charge on any atom is 0.258 e. The predicted molar refractivity (Wildman–Crippen MR) is 123 cm³/mol. The number of amides is 2. The molecule has 0 fully saturated rings. The second-order valence-corrected chi connectivity index (χ2v) is 7.05. The molecule has 0 aliphatic rings. The fraction of sp³-hybridized carbons (Fsp3) is 0.167. The first-order valence-electron chi connectivity index (χ1n) is 9.99. The Morgan fingerprint density at radius 3 is 1.94 bits per heavy atom. The molecule has 6 nitrogen and oxygen atoms in total. The molecule has 0 aromatic heterocycles. The Kier molecular flexibility index (Phi) is 7.68. The third-order valence-corrected chi connectivity index (χ3v) is 4.62. The van der Waals surface area contributed by atoms with Gasteiger partial charge in [-0.25, -0.2) is 4.39 Å². The van der Waals surface area contributed by atoms with Gasteiger partial charge in [0.15, 0.2) is 0 Å². The van der Waals surface area contributed by atoms with E-state index >= 15 is 0 Å². The zero-order valence-corrected chi connectivity index (χ0v) is 18.3. The van der Waals surface area contributed by atoms with Gasteiger partial charge in [-0.05, 0) is 44.2 Å². The van der Waals surface area contributed by atoms with Crippen LogP contribution in [-0.4, -0.2) is 25.0 Å². The van der Waals surface area contributed by atoms with Crippen molar-refractivity contribution in [3.8, 4) is 11.5 Å². The van der Waals surface area contributed by atoms with Gasteiger partial charge in [0.1, 0.15) is 17.3 Å². The number of anilines is 2. The first kappa shape index (κ1) is 23.1. The fourth-order valence-electron chi connectivity index (χ4n) is 2.95. The summed E-state index contributed by atoms with van der Waals surface area (Å²) in [6.07, 6.45) is 0. The van der Waals surface area contributed by atoms with Crippen molar-refractivity contribution in [1.29, 1.82) is 0 Å². The number of nitrogens with one attached hydrogen (secondary N) is 2. The smallest absolute Gasteiger partial charge is 0.258 e. The van der Waals surface area contributed by atoms with Crippen LogP contribution in [0.5, 0.6) is 11.5 Å². The van der Waals surface area contributed by atoms with E-state index in [2.05, 4.69) is 10.6 Å². The predicted octanol–water partition coefficient (Wildman–Crippen LogP) is 5.78. The van der Waals surface area contributed by atoms with Gasteiger partial charge in [0.25, 0.3) is 11.8 Å². The van der Waals surface area contributed by atoms with Crippen LogP contribution in [0.4, 0.5) is 15.8 Å². The Hall–Kier alpha value is -3.58. The van der Waals surface area contributed by atoms with Gasteiger partial charge in [-0.3, -0.25) is 9.59 Å². The molecule has 0 atom stereocenters. The zero-order chi connectivity index (χ0) is 23.1. The van der Waals surface area contributed by atoms with E-state index in [1.165, 1.54) is 18.2 Å². The maximum atomic E-state index is 14.2. The van der Waals surface area contributed by atoms with Crippen LogP contribution in [0.1, 0.15) is 34.6 Å². The van der Waals surface area contributed by atoms with Gasteiger partial charge in [-0.1, -0.05) is 29.8 Å². The quantitative estimate of drug-likeness (QED) is 0.450. The lowest BCUT2D eigenvalue weighted by Crippen LogP contribution is -2.16. The van der Waals surface area contributed by atoms with E-state index in [9.17, 15) is 14.0 Å². The van der Waals surface area contributed by atoms with Gasteiger partial charge in [-0.2, -0.15) is 0 Å². The second-order valence-electron chi connectivity index (χ2n) is 6.61. The molecule has 8 heteroatoms. The Balaban J connectivity index is 1.94. The molecule has 0 aliphatic carbocycles. The van der Waals surface area contributed by atoms with Crippen molar-refractivity contribution in [1.82, 2.24) is 0 Å². The van der Waals surface area contributed by atoms with E-state index in [4.69, 9.17) is 21.1 Å². The fourth-order valence-corrected chi connectivity index (χ4v) is 3.11. The average molecular weight is 457 g/mol. The largest absolute Gasteiger partial charge is 0.492 e. The van der Waals surface area contributed by atoms with Gasteiger partial charge >= 0.3 is 0 Å². The first-order chi connectivity index (χ1) is 15.4. The van der Waals surface area contributed by atoms with E-state index in [1.807, 2.05) is 6.07 Å². The Labute approximate surface area is 190 Å². The molecular formula is C24H22ClFN2O4. The highest BCUT2D eigenvalue weighted by molar-refractivity contribution is 6.30. The molecule has 0 radical (unpaired) electrons. The average Bonchev–Trinajstić information content (AvgIpc) is 2.77. The van der Waals surface area contributed by atoms with E-state index in [1.54, 1.807) is 44.2 Å². The molecule has 0 heterocycles. The van der Waals surface area contributed by atoms with Gasteiger partial charge < -0.3 is 20.1 Å². The third-order valence-electron chi connectivity index (χ3n) is 4.39. The summed E-state index contributed by atoms with van der Waals surface area (Å²) in [6.45, 7) is 4.20. The van der Waals surface area contributed by atoms with Gasteiger partial charge in [0, 0.05) is 22.7 Å². The number of carbonyl (C=O) groups is 2. The summed E-state index contributed by atoms with van der Waals surface area (Å²) >= 11 is 5.76. The number of rotatable bonds is 8. The first-order valence-corrected chi connectivity index (χ1v) is 10.4. The number of halogens is 2. The summed E-state index contributed by atoms with van der Waals surface area (Å²) in [5.74, 6) is -1.13. The topological polar surface area (TPSA) is 76.7 Å². The molecule has 2 N–H and O–H groups in total. The van der Waals surface area contributed by atoms with E-state index < -0.39 is 11.7 Å². The monoisotopic (exact) mass is 456 g/mol. The Morgan fingerprint density at radius 1 is 0.844 bits per heavy atom. The minimum Gasteiger partial charge on any atom is -0.492 e. The van der Waals surface area contributed by atoms with Crippen LogP contribution in [0.25, 0.3) is 0 Å². The van der Waals surface area contributed by atoms with Crippen LogP contribution in [0.2, 0.25) is 5.02 Å². The lowest BCUT2D eigenvalue weighted by Gasteiger charge is -2.18. The molecule has 0 unspecified atom stereocenters. The zero-order valence-electron chi connectivity index (χ0n) is 17.6. The van der Waals surface area contributed by atoms with E-state index in [0.717, 1.165) is 6.07 Å². The molecule has 0 saturated carbocycles.